The summed E-state index contributed by atoms with van der Waals surface area (Å²) in [6.07, 6.45) is 0. The minimum Gasteiger partial charge on any atom is -0.494 e. The summed E-state index contributed by atoms with van der Waals surface area (Å²) in [5.74, 6) is -0.613. The van der Waals surface area contributed by atoms with Crippen molar-refractivity contribution in [2.45, 2.75) is 6.54 Å². The lowest BCUT2D eigenvalue weighted by molar-refractivity contribution is 0.0693. The van der Waals surface area contributed by atoms with Gasteiger partial charge in [-0.1, -0.05) is 6.07 Å². The number of aromatic nitrogens is 2. The van der Waals surface area contributed by atoms with Crippen LogP contribution < -0.4 is 0 Å². The van der Waals surface area contributed by atoms with Crippen molar-refractivity contribution in [1.82, 2.24) is 14.3 Å². The highest BCUT2D eigenvalue weighted by Crippen LogP contribution is 2.20. The van der Waals surface area contributed by atoms with Crippen LogP contribution in [0, 0.1) is 0 Å². The highest BCUT2D eigenvalue weighted by molar-refractivity contribution is 5.93. The van der Waals surface area contributed by atoms with Crippen LogP contribution in [-0.4, -0.2) is 44.6 Å². The Morgan fingerprint density at radius 3 is 2.76 bits per heavy atom. The van der Waals surface area contributed by atoms with Gasteiger partial charge in [-0.05, 0) is 26.2 Å². The molecule has 0 radical (unpaired) electrons. The maximum Gasteiger partial charge on any atom is 0.356 e. The van der Waals surface area contributed by atoms with Crippen LogP contribution in [0.3, 0.4) is 0 Å². The fourth-order valence-electron chi connectivity index (χ4n) is 1.74. The second-order valence-electron chi connectivity index (χ2n) is 4.02. The molecule has 0 aliphatic heterocycles. The summed E-state index contributed by atoms with van der Waals surface area (Å²) in [6, 6.07) is 4.72. The van der Waals surface area contributed by atoms with Crippen LogP contribution in [0.25, 0.3) is 5.52 Å². The molecule has 0 fully saturated rings. The van der Waals surface area contributed by atoms with Crippen molar-refractivity contribution in [2.75, 3.05) is 14.1 Å². The largest absolute Gasteiger partial charge is 0.494 e. The van der Waals surface area contributed by atoms with E-state index in [0.717, 1.165) is 0 Å². The molecular weight excluding hydrogens is 222 g/mol. The van der Waals surface area contributed by atoms with Crippen LogP contribution >= 0.6 is 0 Å². The molecule has 17 heavy (non-hydrogen) atoms. The van der Waals surface area contributed by atoms with Crippen molar-refractivity contribution in [1.29, 1.82) is 0 Å². The van der Waals surface area contributed by atoms with Crippen molar-refractivity contribution in [2.24, 2.45) is 0 Å². The van der Waals surface area contributed by atoms with E-state index in [9.17, 15) is 9.90 Å². The molecular formula is C11H13N3O3. The Morgan fingerprint density at radius 1 is 1.47 bits per heavy atom. The summed E-state index contributed by atoms with van der Waals surface area (Å²) in [6.45, 7) is 0.450. The van der Waals surface area contributed by atoms with Crippen LogP contribution in [-0.2, 0) is 6.54 Å². The molecule has 0 atom stereocenters. The second-order valence-corrected chi connectivity index (χ2v) is 4.02. The smallest absolute Gasteiger partial charge is 0.356 e. The number of hydrogen-bond acceptors (Lipinski definition) is 4. The number of nitrogens with zero attached hydrogens (tertiary/aromatic N) is 3. The number of pyridine rings is 1. The predicted octanol–water partition coefficient (Wildman–Crippen LogP) is 0.800. The van der Waals surface area contributed by atoms with E-state index in [4.69, 9.17) is 5.11 Å². The number of hydrogen-bond donors (Lipinski definition) is 2. The van der Waals surface area contributed by atoms with E-state index in [1.165, 1.54) is 10.5 Å². The van der Waals surface area contributed by atoms with Crippen molar-refractivity contribution >= 4 is 11.5 Å². The molecule has 2 rings (SSSR count). The van der Waals surface area contributed by atoms with Gasteiger partial charge in [0, 0.05) is 0 Å². The second kappa shape index (κ2) is 4.06. The van der Waals surface area contributed by atoms with Crippen molar-refractivity contribution in [3.05, 3.63) is 29.7 Å². The number of fused-ring (bicyclic) bond motifs is 1. The first kappa shape index (κ1) is 11.4. The van der Waals surface area contributed by atoms with Gasteiger partial charge in [-0.15, -0.1) is 0 Å². The number of aromatic carboxylic acids is 1. The van der Waals surface area contributed by atoms with Crippen LogP contribution in [0.4, 0.5) is 0 Å². The van der Waals surface area contributed by atoms with Crippen molar-refractivity contribution in [3.63, 3.8) is 0 Å². The molecule has 0 aliphatic rings. The van der Waals surface area contributed by atoms with Gasteiger partial charge in [0.1, 0.15) is 5.82 Å². The van der Waals surface area contributed by atoms with Gasteiger partial charge < -0.3 is 15.1 Å². The van der Waals surface area contributed by atoms with Crippen LogP contribution in [0.2, 0.25) is 0 Å². The van der Waals surface area contributed by atoms with Crippen molar-refractivity contribution < 1.29 is 15.0 Å². The van der Waals surface area contributed by atoms with E-state index < -0.39 is 5.97 Å². The molecule has 0 amide bonds. The Balaban J connectivity index is 2.71. The number of carboxylic acids is 1. The summed E-state index contributed by atoms with van der Waals surface area (Å²) >= 11 is 0. The summed E-state index contributed by atoms with van der Waals surface area (Å²) in [5, 5.41) is 18.8. The third kappa shape index (κ3) is 1.94. The minimum atomic E-state index is -1.10. The first-order chi connectivity index (χ1) is 8.00. The van der Waals surface area contributed by atoms with Gasteiger partial charge in [-0.25, -0.2) is 9.78 Å². The van der Waals surface area contributed by atoms with Gasteiger partial charge in [0.15, 0.2) is 11.6 Å². The maximum absolute atomic E-state index is 11.1. The fraction of sp³-hybridized carbons (Fsp3) is 0.273. The van der Waals surface area contributed by atoms with Gasteiger partial charge in [0.25, 0.3) is 0 Å². The van der Waals surface area contributed by atoms with Crippen LogP contribution in [0.15, 0.2) is 18.2 Å². The molecule has 0 unspecified atom stereocenters. The Morgan fingerprint density at radius 2 is 2.18 bits per heavy atom. The average molecular weight is 235 g/mol. The molecule has 2 aromatic heterocycles. The summed E-state index contributed by atoms with van der Waals surface area (Å²) < 4.78 is 1.45. The molecule has 6 nitrogen and oxygen atoms in total. The topological polar surface area (TPSA) is 78.1 Å². The number of imidazole rings is 1. The Labute approximate surface area is 97.7 Å². The third-order valence-corrected chi connectivity index (χ3v) is 2.37. The monoisotopic (exact) mass is 235 g/mol. The third-order valence-electron chi connectivity index (χ3n) is 2.37. The zero-order valence-corrected chi connectivity index (χ0v) is 9.58. The first-order valence-corrected chi connectivity index (χ1v) is 5.08. The molecule has 0 spiro atoms. The minimum absolute atomic E-state index is 0.0145. The SMILES string of the molecule is CN(C)Cc1nc(C(=O)O)c2cccc(O)n12. The lowest BCUT2D eigenvalue weighted by Gasteiger charge is -2.08. The maximum atomic E-state index is 11.1. The van der Waals surface area contributed by atoms with Gasteiger partial charge >= 0.3 is 5.97 Å². The first-order valence-electron chi connectivity index (χ1n) is 5.08. The highest BCUT2D eigenvalue weighted by Gasteiger charge is 2.18. The van der Waals surface area contributed by atoms with Gasteiger partial charge in [0.2, 0.25) is 0 Å². The van der Waals surface area contributed by atoms with Gasteiger partial charge in [0.05, 0.1) is 12.1 Å². The van der Waals surface area contributed by atoms with E-state index in [1.54, 1.807) is 12.1 Å². The molecule has 90 valence electrons. The van der Waals surface area contributed by atoms with E-state index in [2.05, 4.69) is 4.98 Å². The molecule has 0 saturated carbocycles. The molecule has 0 saturated heterocycles. The Kier molecular flexibility index (Phi) is 2.72. The quantitative estimate of drug-likeness (QED) is 0.822. The van der Waals surface area contributed by atoms with Gasteiger partial charge in [-0.3, -0.25) is 4.40 Å². The fourth-order valence-corrected chi connectivity index (χ4v) is 1.74. The Hall–Kier alpha value is -2.08. The lowest BCUT2D eigenvalue weighted by Crippen LogP contribution is -2.13. The molecule has 0 aromatic carbocycles. The normalized spacial score (nSPS) is 11.2. The van der Waals surface area contributed by atoms with Crippen molar-refractivity contribution in [3.8, 4) is 5.88 Å². The lowest BCUT2D eigenvalue weighted by atomic mass is 10.3. The predicted molar refractivity (Wildman–Crippen MR) is 61.2 cm³/mol. The zero-order chi connectivity index (χ0) is 12.6. The average Bonchev–Trinajstić information content (AvgIpc) is 2.57. The van der Waals surface area contributed by atoms with E-state index in [0.29, 0.717) is 17.9 Å². The van der Waals surface area contributed by atoms with E-state index in [-0.39, 0.29) is 11.6 Å². The molecule has 6 heteroatoms. The zero-order valence-electron chi connectivity index (χ0n) is 9.58. The number of carboxylic acid groups (broad SMARTS) is 1. The summed E-state index contributed by atoms with van der Waals surface area (Å²) in [5.41, 5.74) is 0.354. The molecule has 0 bridgehead atoms. The number of aromatic hydroxyl groups is 1. The number of carbonyl (C=O) groups is 1. The van der Waals surface area contributed by atoms with Gasteiger partial charge in [-0.2, -0.15) is 0 Å². The number of rotatable bonds is 3. The molecule has 2 aromatic rings. The summed E-state index contributed by atoms with van der Waals surface area (Å²) in [7, 11) is 3.70. The van der Waals surface area contributed by atoms with E-state index >= 15 is 0 Å². The highest BCUT2D eigenvalue weighted by atomic mass is 16.4. The molecule has 2 heterocycles. The van der Waals surface area contributed by atoms with E-state index in [1.807, 2.05) is 19.0 Å². The molecule has 2 N–H and O–H groups in total. The van der Waals surface area contributed by atoms with Crippen LogP contribution in [0.1, 0.15) is 16.3 Å². The standard InChI is InChI=1S/C11H13N3O3/c1-13(2)6-8-12-10(11(16)17)7-4-3-5-9(15)14(7)8/h3-5,15H,6H2,1-2H3,(H,16,17). The van der Waals surface area contributed by atoms with Crippen LogP contribution in [0.5, 0.6) is 5.88 Å². The molecule has 0 aliphatic carbocycles. The summed E-state index contributed by atoms with van der Waals surface area (Å²) in [4.78, 5) is 17.0. The Bertz CT molecular complexity index is 575.